The number of ketones is 1. The van der Waals surface area contributed by atoms with Crippen molar-refractivity contribution in [1.82, 2.24) is 0 Å². The third-order valence-corrected chi connectivity index (χ3v) is 3.86. The smallest absolute Gasteiger partial charge is 0.343 e. The van der Waals surface area contributed by atoms with Crippen LogP contribution in [0.3, 0.4) is 0 Å². The number of ether oxygens (including phenoxy) is 3. The minimum atomic E-state index is -0.532. The van der Waals surface area contributed by atoms with Crippen LogP contribution in [0.1, 0.15) is 21.5 Å². The molecule has 0 aliphatic carbocycles. The molecule has 2 aromatic carbocycles. The lowest BCUT2D eigenvalue weighted by Gasteiger charge is -2.12. The molecule has 0 heterocycles. The second-order valence-corrected chi connectivity index (χ2v) is 5.87. The van der Waals surface area contributed by atoms with Crippen molar-refractivity contribution in [1.29, 1.82) is 0 Å². The molecule has 0 N–H and O–H groups in total. The van der Waals surface area contributed by atoms with E-state index in [1.807, 2.05) is 19.1 Å². The summed E-state index contributed by atoms with van der Waals surface area (Å²) in [5.41, 5.74) is 2.35. The van der Waals surface area contributed by atoms with E-state index in [0.29, 0.717) is 16.9 Å². The monoisotopic (exact) mass is 374 g/mol. The first-order valence-electron chi connectivity index (χ1n) is 7.81. The zero-order valence-electron chi connectivity index (χ0n) is 14.7. The molecule has 26 heavy (non-hydrogen) atoms. The van der Waals surface area contributed by atoms with Gasteiger partial charge in [-0.05, 0) is 30.7 Å². The predicted octanol–water partition coefficient (Wildman–Crippen LogP) is 4.10. The van der Waals surface area contributed by atoms with Crippen LogP contribution in [0.2, 0.25) is 5.02 Å². The number of carbonyl (C=O) groups excluding carboxylic acids is 2. The summed E-state index contributed by atoms with van der Waals surface area (Å²) in [6, 6.07) is 10.6. The molecule has 0 bridgehead atoms. The Bertz CT molecular complexity index is 825. The number of carbonyl (C=O) groups is 2. The predicted molar refractivity (Wildman–Crippen MR) is 100 cm³/mol. The number of allylic oxidation sites excluding steroid dienone is 1. The number of methoxy groups -OCH3 is 2. The Balaban J connectivity index is 2.19. The van der Waals surface area contributed by atoms with Crippen LogP contribution in [-0.4, -0.2) is 32.6 Å². The van der Waals surface area contributed by atoms with E-state index in [1.54, 1.807) is 30.3 Å². The largest absolute Gasteiger partial charge is 0.493 e. The van der Waals surface area contributed by atoms with Crippen LogP contribution < -0.4 is 9.47 Å². The Morgan fingerprint density at radius 1 is 1.12 bits per heavy atom. The number of hydrogen-bond donors (Lipinski definition) is 0. The summed E-state index contributed by atoms with van der Waals surface area (Å²) in [5.74, 6) is -0.0627. The Morgan fingerprint density at radius 2 is 1.81 bits per heavy atom. The Kier molecular flexibility index (Phi) is 6.81. The van der Waals surface area contributed by atoms with Crippen LogP contribution in [0.5, 0.6) is 11.5 Å². The van der Waals surface area contributed by atoms with Crippen molar-refractivity contribution >= 4 is 29.4 Å². The standard InChI is InChI=1S/C20H19ClO5/c1-13-4-7-15(8-5-13)17(22)9-6-14-10-16(21)20(18(11-14)24-2)26-12-19(23)25-3/h4-11H,12H2,1-3H3/b9-6+. The molecule has 0 spiro atoms. The quantitative estimate of drug-likeness (QED) is 0.414. The van der Waals surface area contributed by atoms with Gasteiger partial charge in [0.1, 0.15) is 0 Å². The summed E-state index contributed by atoms with van der Waals surface area (Å²) in [6.07, 6.45) is 3.10. The maximum absolute atomic E-state index is 12.2. The summed E-state index contributed by atoms with van der Waals surface area (Å²) in [7, 11) is 2.73. The van der Waals surface area contributed by atoms with Crippen LogP contribution in [0.25, 0.3) is 6.08 Å². The number of rotatable bonds is 7. The Hall–Kier alpha value is -2.79. The molecule has 0 radical (unpaired) electrons. The first kappa shape index (κ1) is 19.5. The van der Waals surface area contributed by atoms with E-state index >= 15 is 0 Å². The maximum atomic E-state index is 12.2. The van der Waals surface area contributed by atoms with Crippen LogP contribution >= 0.6 is 11.6 Å². The van der Waals surface area contributed by atoms with Crippen molar-refractivity contribution in [3.8, 4) is 11.5 Å². The molecule has 0 fully saturated rings. The number of benzene rings is 2. The van der Waals surface area contributed by atoms with Gasteiger partial charge in [0.05, 0.1) is 19.2 Å². The molecule has 0 saturated carbocycles. The maximum Gasteiger partial charge on any atom is 0.343 e. The summed E-state index contributed by atoms with van der Waals surface area (Å²) in [6.45, 7) is 1.68. The third kappa shape index (κ3) is 5.10. The van der Waals surface area contributed by atoms with Crippen molar-refractivity contribution in [2.75, 3.05) is 20.8 Å². The molecule has 0 saturated heterocycles. The van der Waals surface area contributed by atoms with Crippen LogP contribution in [0.15, 0.2) is 42.5 Å². The average Bonchev–Trinajstić information content (AvgIpc) is 2.64. The highest BCUT2D eigenvalue weighted by Crippen LogP contribution is 2.36. The van der Waals surface area contributed by atoms with Crippen LogP contribution in [0.4, 0.5) is 0 Å². The van der Waals surface area contributed by atoms with Crippen molar-refractivity contribution in [2.45, 2.75) is 6.92 Å². The van der Waals surface area contributed by atoms with Gasteiger partial charge in [-0.15, -0.1) is 0 Å². The molecular weight excluding hydrogens is 356 g/mol. The van der Waals surface area contributed by atoms with E-state index in [9.17, 15) is 9.59 Å². The van der Waals surface area contributed by atoms with E-state index in [2.05, 4.69) is 4.74 Å². The van der Waals surface area contributed by atoms with Crippen molar-refractivity contribution in [3.63, 3.8) is 0 Å². The summed E-state index contributed by atoms with van der Waals surface area (Å²) in [5, 5.41) is 0.260. The summed E-state index contributed by atoms with van der Waals surface area (Å²) < 4.78 is 15.1. The van der Waals surface area contributed by atoms with E-state index in [0.717, 1.165) is 5.56 Å². The van der Waals surface area contributed by atoms with Gasteiger partial charge in [-0.3, -0.25) is 4.79 Å². The Morgan fingerprint density at radius 3 is 2.42 bits per heavy atom. The highest BCUT2D eigenvalue weighted by atomic mass is 35.5. The number of esters is 1. The molecule has 0 unspecified atom stereocenters. The number of hydrogen-bond acceptors (Lipinski definition) is 5. The van der Waals surface area contributed by atoms with Gasteiger partial charge in [0.25, 0.3) is 0 Å². The second-order valence-electron chi connectivity index (χ2n) is 5.46. The minimum absolute atomic E-state index is 0.119. The SMILES string of the molecule is COC(=O)COc1c(Cl)cc(/C=C/C(=O)c2ccc(C)cc2)cc1OC. The van der Waals surface area contributed by atoms with Crippen LogP contribution in [-0.2, 0) is 9.53 Å². The highest BCUT2D eigenvalue weighted by molar-refractivity contribution is 6.32. The topological polar surface area (TPSA) is 61.8 Å². The number of halogens is 1. The van der Waals surface area contributed by atoms with Gasteiger partial charge < -0.3 is 14.2 Å². The van der Waals surface area contributed by atoms with Crippen LogP contribution in [0, 0.1) is 6.92 Å². The van der Waals surface area contributed by atoms with E-state index < -0.39 is 5.97 Å². The lowest BCUT2D eigenvalue weighted by molar-refractivity contribution is -0.142. The molecule has 0 aliphatic rings. The van der Waals surface area contributed by atoms with Crippen molar-refractivity contribution < 1.29 is 23.8 Å². The summed E-state index contributed by atoms with van der Waals surface area (Å²) in [4.78, 5) is 23.4. The lowest BCUT2D eigenvalue weighted by atomic mass is 10.1. The third-order valence-electron chi connectivity index (χ3n) is 3.58. The van der Waals surface area contributed by atoms with E-state index in [4.69, 9.17) is 21.1 Å². The van der Waals surface area contributed by atoms with Crippen molar-refractivity contribution in [2.24, 2.45) is 0 Å². The minimum Gasteiger partial charge on any atom is -0.493 e. The molecule has 5 nitrogen and oxygen atoms in total. The van der Waals surface area contributed by atoms with Crippen molar-refractivity contribution in [3.05, 3.63) is 64.2 Å². The fourth-order valence-electron chi connectivity index (χ4n) is 2.15. The zero-order valence-corrected chi connectivity index (χ0v) is 15.5. The first-order valence-corrected chi connectivity index (χ1v) is 8.18. The van der Waals surface area contributed by atoms with Gasteiger partial charge in [-0.2, -0.15) is 0 Å². The molecule has 2 aromatic rings. The normalized spacial score (nSPS) is 10.6. The molecule has 0 atom stereocenters. The number of aryl methyl sites for hydroxylation is 1. The zero-order chi connectivity index (χ0) is 19.1. The fourth-order valence-corrected chi connectivity index (χ4v) is 2.43. The van der Waals surface area contributed by atoms with Gasteiger partial charge in [-0.25, -0.2) is 4.79 Å². The van der Waals surface area contributed by atoms with Gasteiger partial charge in [0.2, 0.25) is 0 Å². The van der Waals surface area contributed by atoms with Gasteiger partial charge in [0, 0.05) is 5.56 Å². The van der Waals surface area contributed by atoms with E-state index in [-0.39, 0.29) is 23.2 Å². The van der Waals surface area contributed by atoms with Gasteiger partial charge >= 0.3 is 5.97 Å². The molecule has 136 valence electrons. The molecular formula is C20H19ClO5. The fraction of sp³-hybridized carbons (Fsp3) is 0.200. The van der Waals surface area contributed by atoms with Gasteiger partial charge in [-0.1, -0.05) is 47.5 Å². The molecule has 0 aromatic heterocycles. The average molecular weight is 375 g/mol. The molecule has 0 aliphatic heterocycles. The highest BCUT2D eigenvalue weighted by Gasteiger charge is 2.13. The molecule has 0 amide bonds. The van der Waals surface area contributed by atoms with Gasteiger partial charge in [0.15, 0.2) is 23.9 Å². The first-order chi connectivity index (χ1) is 12.4. The molecule has 2 rings (SSSR count). The Labute approximate surface area is 157 Å². The second kappa shape index (κ2) is 9.06. The van der Waals surface area contributed by atoms with E-state index in [1.165, 1.54) is 20.3 Å². The molecule has 6 heteroatoms. The summed E-state index contributed by atoms with van der Waals surface area (Å²) >= 11 is 6.21. The lowest BCUT2D eigenvalue weighted by Crippen LogP contribution is -2.13.